The first-order valence-electron chi connectivity index (χ1n) is 5.41. The van der Waals surface area contributed by atoms with Crippen molar-refractivity contribution in [3.8, 4) is 0 Å². The minimum absolute atomic E-state index is 0.583. The van der Waals surface area contributed by atoms with Crippen molar-refractivity contribution in [3.63, 3.8) is 0 Å². The summed E-state index contributed by atoms with van der Waals surface area (Å²) in [4.78, 5) is 0. The normalized spacial score (nSPS) is 11.3. The molecule has 4 heteroatoms. The Morgan fingerprint density at radius 2 is 1.67 bits per heavy atom. The van der Waals surface area contributed by atoms with E-state index in [2.05, 4.69) is 13.2 Å². The molecule has 0 saturated heterocycles. The Hall–Kier alpha value is -0.423. The summed E-state index contributed by atoms with van der Waals surface area (Å²) in [5.41, 5.74) is 1.69. The van der Waals surface area contributed by atoms with Crippen molar-refractivity contribution >= 4 is 8.80 Å². The van der Waals surface area contributed by atoms with E-state index in [0.717, 1.165) is 12.8 Å². The van der Waals surface area contributed by atoms with Crippen LogP contribution >= 0.6 is 0 Å². The van der Waals surface area contributed by atoms with Crippen LogP contribution in [0.5, 0.6) is 0 Å². The molecule has 0 bridgehead atoms. The molecule has 0 aliphatic carbocycles. The summed E-state index contributed by atoms with van der Waals surface area (Å²) in [6.45, 7) is 13.0. The minimum atomic E-state index is -2.59. The predicted octanol–water partition coefficient (Wildman–Crippen LogP) is 2.71. The second-order valence-corrected chi connectivity index (χ2v) is 5.43. The Morgan fingerprint density at radius 3 is 2.07 bits per heavy atom. The standard InChI is InChI=1S/C11H22O3Si/c1-5-9-10-11-14-15(8-4,12-6-2)13-7-3/h5,8H,1,4,6-7,9-11H2,2-3H3. The highest BCUT2D eigenvalue weighted by Crippen LogP contribution is 2.11. The molecular weight excluding hydrogens is 208 g/mol. The van der Waals surface area contributed by atoms with Gasteiger partial charge in [0.1, 0.15) is 0 Å². The fourth-order valence-corrected chi connectivity index (χ4v) is 2.98. The van der Waals surface area contributed by atoms with E-state index in [1.54, 1.807) is 5.70 Å². The fraction of sp³-hybridized carbons (Fsp3) is 0.636. The summed E-state index contributed by atoms with van der Waals surface area (Å²) in [6.07, 6.45) is 3.76. The van der Waals surface area contributed by atoms with Crippen LogP contribution < -0.4 is 0 Å². The molecule has 0 atom stereocenters. The molecule has 88 valence electrons. The van der Waals surface area contributed by atoms with Gasteiger partial charge in [0.2, 0.25) is 0 Å². The molecule has 0 aromatic carbocycles. The van der Waals surface area contributed by atoms with Gasteiger partial charge < -0.3 is 13.3 Å². The Morgan fingerprint density at radius 1 is 1.07 bits per heavy atom. The highest BCUT2D eigenvalue weighted by molar-refractivity contribution is 6.66. The molecule has 0 aromatic heterocycles. The maximum absolute atomic E-state index is 5.69. The van der Waals surface area contributed by atoms with Gasteiger partial charge in [0.25, 0.3) is 0 Å². The molecule has 0 rings (SSSR count). The van der Waals surface area contributed by atoms with Gasteiger partial charge in [-0.3, -0.25) is 0 Å². The van der Waals surface area contributed by atoms with Crippen LogP contribution in [0, 0.1) is 0 Å². The van der Waals surface area contributed by atoms with Crippen molar-refractivity contribution in [3.05, 3.63) is 24.9 Å². The summed E-state index contributed by atoms with van der Waals surface area (Å²) >= 11 is 0. The van der Waals surface area contributed by atoms with Gasteiger partial charge in [-0.15, -0.1) is 6.58 Å². The van der Waals surface area contributed by atoms with Gasteiger partial charge in [0, 0.05) is 19.8 Å². The van der Waals surface area contributed by atoms with Crippen LogP contribution in [0.1, 0.15) is 26.7 Å². The fourth-order valence-electron chi connectivity index (χ4n) is 1.15. The summed E-state index contributed by atoms with van der Waals surface area (Å²) in [5, 5.41) is 0. The van der Waals surface area contributed by atoms with E-state index in [-0.39, 0.29) is 0 Å². The average molecular weight is 230 g/mol. The van der Waals surface area contributed by atoms with Crippen molar-refractivity contribution in [1.29, 1.82) is 0 Å². The van der Waals surface area contributed by atoms with E-state index in [1.807, 2.05) is 19.9 Å². The van der Waals surface area contributed by atoms with Gasteiger partial charge in [-0.05, 0) is 32.4 Å². The van der Waals surface area contributed by atoms with Crippen molar-refractivity contribution in [2.24, 2.45) is 0 Å². The van der Waals surface area contributed by atoms with Gasteiger partial charge in [-0.1, -0.05) is 12.7 Å². The maximum Gasteiger partial charge on any atom is 0.528 e. The van der Waals surface area contributed by atoms with Gasteiger partial charge in [-0.25, -0.2) is 0 Å². The van der Waals surface area contributed by atoms with Crippen molar-refractivity contribution in [2.75, 3.05) is 19.8 Å². The van der Waals surface area contributed by atoms with Crippen LogP contribution in [0.3, 0.4) is 0 Å². The van der Waals surface area contributed by atoms with E-state index in [4.69, 9.17) is 13.3 Å². The molecule has 0 fully saturated rings. The molecule has 0 amide bonds. The number of unbranched alkanes of at least 4 members (excludes halogenated alkanes) is 1. The van der Waals surface area contributed by atoms with E-state index in [0.29, 0.717) is 19.8 Å². The van der Waals surface area contributed by atoms with Crippen molar-refractivity contribution in [1.82, 2.24) is 0 Å². The van der Waals surface area contributed by atoms with Crippen LogP contribution in [0.2, 0.25) is 0 Å². The molecule has 0 aromatic rings. The highest BCUT2D eigenvalue weighted by Gasteiger charge is 2.36. The number of hydrogen-bond donors (Lipinski definition) is 0. The van der Waals surface area contributed by atoms with Crippen LogP contribution in [-0.2, 0) is 13.3 Å². The molecule has 0 unspecified atom stereocenters. The first-order valence-corrected chi connectivity index (χ1v) is 7.21. The zero-order valence-corrected chi connectivity index (χ0v) is 10.8. The molecule has 0 aliphatic heterocycles. The van der Waals surface area contributed by atoms with E-state index < -0.39 is 8.80 Å². The second kappa shape index (κ2) is 8.85. The lowest BCUT2D eigenvalue weighted by Crippen LogP contribution is -2.44. The third kappa shape index (κ3) is 5.89. The van der Waals surface area contributed by atoms with E-state index in [9.17, 15) is 0 Å². The molecule has 0 N–H and O–H groups in total. The largest absolute Gasteiger partial charge is 0.528 e. The Kier molecular flexibility index (Phi) is 8.60. The SMILES string of the molecule is C=CCCCO[Si](C=C)(OCC)OCC. The summed E-state index contributed by atoms with van der Waals surface area (Å²) in [5.74, 6) is 0. The van der Waals surface area contributed by atoms with Gasteiger partial charge in [-0.2, -0.15) is 0 Å². The van der Waals surface area contributed by atoms with Gasteiger partial charge in [0.15, 0.2) is 0 Å². The van der Waals surface area contributed by atoms with E-state index >= 15 is 0 Å². The highest BCUT2D eigenvalue weighted by atomic mass is 28.4. The van der Waals surface area contributed by atoms with Crippen LogP contribution in [0.25, 0.3) is 0 Å². The van der Waals surface area contributed by atoms with Gasteiger partial charge >= 0.3 is 8.80 Å². The predicted molar refractivity (Wildman–Crippen MR) is 64.6 cm³/mol. The Balaban J connectivity index is 4.07. The molecule has 0 aliphatic rings. The lowest BCUT2D eigenvalue weighted by atomic mass is 10.3. The summed E-state index contributed by atoms with van der Waals surface area (Å²) < 4.78 is 16.8. The number of rotatable bonds is 10. The maximum atomic E-state index is 5.69. The van der Waals surface area contributed by atoms with Crippen LogP contribution in [-0.4, -0.2) is 28.6 Å². The first kappa shape index (κ1) is 14.6. The van der Waals surface area contributed by atoms with Crippen LogP contribution in [0.15, 0.2) is 24.9 Å². The van der Waals surface area contributed by atoms with Crippen LogP contribution in [0.4, 0.5) is 0 Å². The monoisotopic (exact) mass is 230 g/mol. The second-order valence-electron chi connectivity index (χ2n) is 2.95. The van der Waals surface area contributed by atoms with Crippen molar-refractivity contribution in [2.45, 2.75) is 26.7 Å². The number of hydrogen-bond acceptors (Lipinski definition) is 3. The molecule has 3 nitrogen and oxygen atoms in total. The zero-order valence-electron chi connectivity index (χ0n) is 9.83. The smallest absolute Gasteiger partial charge is 0.371 e. The quantitative estimate of drug-likeness (QED) is 0.328. The Labute approximate surface area is 94.1 Å². The molecule has 0 spiro atoms. The topological polar surface area (TPSA) is 27.7 Å². The molecular formula is C11H22O3Si. The lowest BCUT2D eigenvalue weighted by Gasteiger charge is -2.25. The molecule has 0 heterocycles. The first-order chi connectivity index (χ1) is 7.24. The lowest BCUT2D eigenvalue weighted by molar-refractivity contribution is 0.0792. The zero-order chi connectivity index (χ0) is 11.6. The van der Waals surface area contributed by atoms with E-state index in [1.165, 1.54) is 0 Å². The summed E-state index contributed by atoms with van der Waals surface area (Å²) in [7, 11) is -2.59. The third-order valence-corrected chi connectivity index (χ3v) is 4.29. The summed E-state index contributed by atoms with van der Waals surface area (Å²) in [6, 6.07) is 0. The minimum Gasteiger partial charge on any atom is -0.371 e. The Bertz CT molecular complexity index is 177. The molecule has 0 radical (unpaired) electrons. The third-order valence-electron chi connectivity index (χ3n) is 1.80. The number of allylic oxidation sites excluding steroid dienone is 1. The molecule has 0 saturated carbocycles. The molecule has 15 heavy (non-hydrogen) atoms. The van der Waals surface area contributed by atoms with Crippen molar-refractivity contribution < 1.29 is 13.3 Å². The van der Waals surface area contributed by atoms with Gasteiger partial charge in [0.05, 0.1) is 0 Å². The average Bonchev–Trinajstić information content (AvgIpc) is 2.25.